The van der Waals surface area contributed by atoms with Crippen LogP contribution in [0.2, 0.25) is 0 Å². The largest absolute Gasteiger partial charge is 0.480 e. The number of ketones is 2. The van der Waals surface area contributed by atoms with Crippen LogP contribution < -0.4 is 21.7 Å². The van der Waals surface area contributed by atoms with Crippen molar-refractivity contribution < 1.29 is 39.0 Å². The van der Waals surface area contributed by atoms with Gasteiger partial charge in [0.25, 0.3) is 0 Å². The Morgan fingerprint density at radius 3 is 2.29 bits per heavy atom. The molecule has 0 aliphatic carbocycles. The van der Waals surface area contributed by atoms with Crippen LogP contribution in [0.1, 0.15) is 58.8 Å². The number of Topliss-reactive ketones (excluding diaryl/α,β-unsaturated/α-hetero) is 2. The van der Waals surface area contributed by atoms with Crippen LogP contribution in [0.3, 0.4) is 0 Å². The van der Waals surface area contributed by atoms with Gasteiger partial charge in [-0.2, -0.15) is 0 Å². The van der Waals surface area contributed by atoms with E-state index < -0.39 is 60.1 Å². The van der Waals surface area contributed by atoms with Crippen LogP contribution in [0, 0.1) is 11.8 Å². The van der Waals surface area contributed by atoms with E-state index in [-0.39, 0.29) is 50.2 Å². The topological polar surface area (TPSA) is 205 Å². The van der Waals surface area contributed by atoms with Gasteiger partial charge >= 0.3 is 5.97 Å². The fourth-order valence-electron chi connectivity index (χ4n) is 3.78. The lowest BCUT2D eigenvalue weighted by molar-refractivity contribution is -0.139. The first-order valence-electron chi connectivity index (χ1n) is 11.4. The Labute approximate surface area is 198 Å². The van der Waals surface area contributed by atoms with Crippen molar-refractivity contribution in [1.29, 1.82) is 0 Å². The van der Waals surface area contributed by atoms with Gasteiger partial charge in [-0.25, -0.2) is 0 Å². The van der Waals surface area contributed by atoms with Crippen molar-refractivity contribution in [2.45, 2.75) is 77.0 Å². The summed E-state index contributed by atoms with van der Waals surface area (Å²) in [6.07, 6.45) is -0.748. The molecule has 1 saturated heterocycles. The Bertz CT molecular complexity index is 770. The van der Waals surface area contributed by atoms with E-state index in [1.165, 1.54) is 0 Å². The maximum absolute atomic E-state index is 12.9. The number of aliphatic carboxylic acids is 1. The summed E-state index contributed by atoms with van der Waals surface area (Å²) in [5.41, 5.74) is 5.18. The molecule has 34 heavy (non-hydrogen) atoms. The van der Waals surface area contributed by atoms with E-state index in [0.29, 0.717) is 13.0 Å². The lowest BCUT2D eigenvalue weighted by atomic mass is 9.89. The van der Waals surface area contributed by atoms with Crippen LogP contribution in [0.25, 0.3) is 0 Å². The van der Waals surface area contributed by atoms with Gasteiger partial charge in [0, 0.05) is 38.1 Å². The number of hydrogen-bond acceptors (Lipinski definition) is 8. The summed E-state index contributed by atoms with van der Waals surface area (Å²) in [4.78, 5) is 71.9. The van der Waals surface area contributed by atoms with Crippen molar-refractivity contribution in [2.24, 2.45) is 17.6 Å². The third kappa shape index (κ3) is 11.3. The third-order valence-electron chi connectivity index (χ3n) is 5.49. The summed E-state index contributed by atoms with van der Waals surface area (Å²) in [5.74, 6) is -4.50. The number of β-amino-alcohol motifs (C(OH)–C–C–N with tert-alkyl or cyclic N) is 1. The van der Waals surface area contributed by atoms with Crippen molar-refractivity contribution in [3.63, 3.8) is 0 Å². The number of primary amides is 1. The molecule has 192 valence electrons. The van der Waals surface area contributed by atoms with E-state index >= 15 is 0 Å². The number of nitrogens with one attached hydrogen (secondary N) is 3. The van der Waals surface area contributed by atoms with Crippen LogP contribution in [0.4, 0.5) is 0 Å². The number of amides is 3. The Morgan fingerprint density at radius 2 is 1.76 bits per heavy atom. The second kappa shape index (κ2) is 14.4. The highest BCUT2D eigenvalue weighted by Crippen LogP contribution is 2.18. The fourth-order valence-corrected chi connectivity index (χ4v) is 3.78. The van der Waals surface area contributed by atoms with E-state index in [1.807, 2.05) is 13.8 Å². The summed E-state index contributed by atoms with van der Waals surface area (Å²) in [6.45, 7) is 3.43. The fraction of sp³-hybridized carbons (Fsp3) is 0.727. The van der Waals surface area contributed by atoms with Gasteiger partial charge in [0.05, 0.1) is 18.2 Å². The minimum atomic E-state index is -1.22. The lowest BCUT2D eigenvalue weighted by Crippen LogP contribution is -2.44. The van der Waals surface area contributed by atoms with Gasteiger partial charge in [-0.1, -0.05) is 13.8 Å². The molecule has 12 heteroatoms. The molecule has 0 spiro atoms. The molecule has 1 fully saturated rings. The second-order valence-electron chi connectivity index (χ2n) is 9.05. The highest BCUT2D eigenvalue weighted by atomic mass is 16.4. The normalized spacial score (nSPS) is 19.3. The van der Waals surface area contributed by atoms with Crippen LogP contribution in [0.5, 0.6) is 0 Å². The number of aliphatic hydroxyl groups is 1. The van der Waals surface area contributed by atoms with E-state index in [4.69, 9.17) is 10.8 Å². The van der Waals surface area contributed by atoms with Gasteiger partial charge in [0.1, 0.15) is 12.3 Å². The molecule has 1 rings (SSSR count). The molecule has 0 radical (unpaired) electrons. The number of carbonyl (C=O) groups is 6. The first-order valence-corrected chi connectivity index (χ1v) is 11.4. The molecular weight excluding hydrogens is 448 g/mol. The molecule has 4 atom stereocenters. The SMILES string of the molecule is CC(C)C[C@H](CC(=O)[C@@H](CCC(N)=O)NC(=O)CCC(=O)[C@@H]1C[C@@H](O)CN1)C(=O)NCC(=O)O. The van der Waals surface area contributed by atoms with Crippen molar-refractivity contribution in [2.75, 3.05) is 13.1 Å². The van der Waals surface area contributed by atoms with Crippen LogP contribution in [0.15, 0.2) is 0 Å². The molecule has 1 aliphatic rings. The Balaban J connectivity index is 2.76. The zero-order valence-electron chi connectivity index (χ0n) is 19.7. The molecule has 0 unspecified atom stereocenters. The minimum Gasteiger partial charge on any atom is -0.480 e. The average molecular weight is 485 g/mol. The minimum absolute atomic E-state index is 0.0424. The zero-order valence-corrected chi connectivity index (χ0v) is 19.7. The van der Waals surface area contributed by atoms with Crippen LogP contribution in [-0.2, 0) is 28.8 Å². The van der Waals surface area contributed by atoms with Crippen LogP contribution >= 0.6 is 0 Å². The number of hydrogen-bond donors (Lipinski definition) is 6. The number of aliphatic hydroxyl groups excluding tert-OH is 1. The van der Waals surface area contributed by atoms with Gasteiger partial charge in [-0.3, -0.25) is 28.8 Å². The summed E-state index contributed by atoms with van der Waals surface area (Å²) in [6, 6.07) is -1.60. The summed E-state index contributed by atoms with van der Waals surface area (Å²) >= 11 is 0. The molecule has 3 amide bonds. The molecule has 0 bridgehead atoms. The maximum Gasteiger partial charge on any atom is 0.322 e. The van der Waals surface area contributed by atoms with Gasteiger partial charge in [-0.15, -0.1) is 0 Å². The number of carboxylic acid groups (broad SMARTS) is 1. The van der Waals surface area contributed by atoms with E-state index in [0.717, 1.165) is 0 Å². The molecule has 12 nitrogen and oxygen atoms in total. The third-order valence-corrected chi connectivity index (χ3v) is 5.49. The van der Waals surface area contributed by atoms with Crippen molar-refractivity contribution in [3.8, 4) is 0 Å². The number of nitrogens with two attached hydrogens (primary N) is 1. The summed E-state index contributed by atoms with van der Waals surface area (Å²) in [5, 5.41) is 26.0. The quantitative estimate of drug-likeness (QED) is 0.153. The Hall–Kier alpha value is -2.86. The predicted octanol–water partition coefficient (Wildman–Crippen LogP) is -1.37. The smallest absolute Gasteiger partial charge is 0.322 e. The average Bonchev–Trinajstić information content (AvgIpc) is 3.18. The standard InChI is InChI=1S/C22H36N4O8/c1-12(2)7-13(22(34)25-11-21(32)33)8-18(29)15(3-5-19(23)30)26-20(31)6-4-17(28)16-9-14(27)10-24-16/h12-16,24,27H,3-11H2,1-2H3,(H2,23,30)(H,25,34)(H,26,31)(H,32,33)/t13-,14-,15-,16+/m1/s1. The van der Waals surface area contributed by atoms with E-state index in [2.05, 4.69) is 16.0 Å². The van der Waals surface area contributed by atoms with Crippen LogP contribution in [-0.4, -0.2) is 76.7 Å². The highest BCUT2D eigenvalue weighted by Gasteiger charge is 2.30. The van der Waals surface area contributed by atoms with E-state index in [9.17, 15) is 33.9 Å². The van der Waals surface area contributed by atoms with Crippen molar-refractivity contribution >= 4 is 35.3 Å². The molecule has 1 heterocycles. The molecular formula is C22H36N4O8. The van der Waals surface area contributed by atoms with E-state index in [1.54, 1.807) is 0 Å². The zero-order chi connectivity index (χ0) is 25.8. The summed E-state index contributed by atoms with van der Waals surface area (Å²) in [7, 11) is 0. The van der Waals surface area contributed by atoms with Gasteiger partial charge in [-0.05, 0) is 25.2 Å². The first kappa shape index (κ1) is 29.2. The Kier molecular flexibility index (Phi) is 12.4. The number of carboxylic acids is 1. The molecule has 7 N–H and O–H groups in total. The lowest BCUT2D eigenvalue weighted by Gasteiger charge is -2.22. The second-order valence-corrected chi connectivity index (χ2v) is 9.05. The maximum atomic E-state index is 12.9. The van der Waals surface area contributed by atoms with Gasteiger partial charge in [0.2, 0.25) is 17.7 Å². The molecule has 0 saturated carbocycles. The molecule has 0 aromatic heterocycles. The van der Waals surface area contributed by atoms with Gasteiger partial charge < -0.3 is 31.9 Å². The Morgan fingerprint density at radius 1 is 1.09 bits per heavy atom. The highest BCUT2D eigenvalue weighted by molar-refractivity contribution is 5.94. The number of rotatable bonds is 16. The first-order chi connectivity index (χ1) is 15.9. The number of carbonyl (C=O) groups excluding carboxylic acids is 5. The predicted molar refractivity (Wildman–Crippen MR) is 120 cm³/mol. The van der Waals surface area contributed by atoms with Crippen molar-refractivity contribution in [1.82, 2.24) is 16.0 Å². The molecule has 0 aromatic carbocycles. The van der Waals surface area contributed by atoms with Crippen molar-refractivity contribution in [3.05, 3.63) is 0 Å². The summed E-state index contributed by atoms with van der Waals surface area (Å²) < 4.78 is 0. The molecule has 0 aromatic rings. The van der Waals surface area contributed by atoms with Gasteiger partial charge in [0.15, 0.2) is 5.78 Å². The molecule has 1 aliphatic heterocycles. The monoisotopic (exact) mass is 484 g/mol.